The van der Waals surface area contributed by atoms with Crippen molar-refractivity contribution in [2.45, 2.75) is 6.54 Å². The van der Waals surface area contributed by atoms with E-state index in [1.165, 1.54) is 6.08 Å². The van der Waals surface area contributed by atoms with Crippen LogP contribution in [0.4, 0.5) is 0 Å². The Balaban J connectivity index is 1.98. The summed E-state index contributed by atoms with van der Waals surface area (Å²) in [5.74, 6) is 0.729. The highest BCUT2D eigenvalue weighted by molar-refractivity contribution is 6.32. The minimum absolute atomic E-state index is 0.0734. The molecule has 114 valence electrons. The Morgan fingerprint density at radius 1 is 1.18 bits per heavy atom. The number of amides is 1. The molecule has 1 amide bonds. The van der Waals surface area contributed by atoms with Gasteiger partial charge in [-0.15, -0.1) is 0 Å². The molecule has 0 bridgehead atoms. The van der Waals surface area contributed by atoms with Crippen LogP contribution in [-0.2, 0) is 11.3 Å². The first-order chi connectivity index (χ1) is 10.6. The fourth-order valence-corrected chi connectivity index (χ4v) is 2.18. The van der Waals surface area contributed by atoms with Crippen molar-refractivity contribution in [1.82, 2.24) is 4.90 Å². The Kier molecular flexibility index (Phi) is 5.61. The number of likely N-dealkylation sites (N-methyl/N-ethyl adjacent to an activating group) is 1. The molecule has 0 N–H and O–H groups in total. The normalized spacial score (nSPS) is 10.7. The summed E-state index contributed by atoms with van der Waals surface area (Å²) in [6, 6.07) is 15.1. The van der Waals surface area contributed by atoms with Crippen molar-refractivity contribution in [3.63, 3.8) is 0 Å². The van der Waals surface area contributed by atoms with E-state index >= 15 is 0 Å². The highest BCUT2D eigenvalue weighted by atomic mass is 35.5. The summed E-state index contributed by atoms with van der Waals surface area (Å²) in [5.41, 5.74) is 1.87. The van der Waals surface area contributed by atoms with Crippen molar-refractivity contribution >= 4 is 23.6 Å². The van der Waals surface area contributed by atoms with Crippen LogP contribution in [-0.4, -0.2) is 25.0 Å². The molecule has 0 radical (unpaired) electrons. The van der Waals surface area contributed by atoms with E-state index in [9.17, 15) is 4.79 Å². The average molecular weight is 316 g/mol. The zero-order valence-corrected chi connectivity index (χ0v) is 13.4. The molecule has 2 rings (SSSR count). The summed E-state index contributed by atoms with van der Waals surface area (Å²) in [4.78, 5) is 13.8. The number of rotatable bonds is 5. The minimum Gasteiger partial charge on any atom is -0.497 e. The fraction of sp³-hybridized carbons (Fsp3) is 0.167. The molecule has 3 nitrogen and oxygen atoms in total. The third kappa shape index (κ3) is 4.37. The largest absolute Gasteiger partial charge is 0.497 e. The molecule has 22 heavy (non-hydrogen) atoms. The van der Waals surface area contributed by atoms with E-state index in [2.05, 4.69) is 0 Å². The van der Waals surface area contributed by atoms with Gasteiger partial charge in [0.1, 0.15) is 5.75 Å². The number of carbonyl (C=O) groups is 1. The van der Waals surface area contributed by atoms with Crippen molar-refractivity contribution in [2.24, 2.45) is 0 Å². The van der Waals surface area contributed by atoms with E-state index < -0.39 is 0 Å². The molecule has 4 heteroatoms. The van der Waals surface area contributed by atoms with E-state index in [4.69, 9.17) is 16.3 Å². The van der Waals surface area contributed by atoms with Gasteiger partial charge in [-0.25, -0.2) is 0 Å². The Morgan fingerprint density at radius 2 is 1.86 bits per heavy atom. The van der Waals surface area contributed by atoms with Gasteiger partial charge in [0.2, 0.25) is 5.91 Å². The number of ether oxygens (including phenoxy) is 1. The quantitative estimate of drug-likeness (QED) is 0.780. The van der Waals surface area contributed by atoms with Gasteiger partial charge in [0.05, 0.1) is 7.11 Å². The standard InChI is InChI=1S/C18H18ClNO2/c1-20(13-14-7-10-16(22-2)11-8-14)18(21)12-9-15-5-3-4-6-17(15)19/h3-12H,13H2,1-2H3/b12-9+. The van der Waals surface area contributed by atoms with Crippen LogP contribution in [0.1, 0.15) is 11.1 Å². The predicted molar refractivity (Wildman–Crippen MR) is 90.0 cm³/mol. The molecule has 0 aliphatic carbocycles. The second kappa shape index (κ2) is 7.66. The van der Waals surface area contributed by atoms with Gasteiger partial charge in [0, 0.05) is 24.7 Å². The molecule has 0 heterocycles. The minimum atomic E-state index is -0.0734. The van der Waals surface area contributed by atoms with Gasteiger partial charge in [-0.2, -0.15) is 0 Å². The first-order valence-corrected chi connectivity index (χ1v) is 7.28. The second-order valence-electron chi connectivity index (χ2n) is 4.90. The molecule has 0 aromatic heterocycles. The maximum absolute atomic E-state index is 12.1. The molecule has 0 atom stereocenters. The van der Waals surface area contributed by atoms with Crippen LogP contribution in [0.2, 0.25) is 5.02 Å². The van der Waals surface area contributed by atoms with E-state index in [0.29, 0.717) is 11.6 Å². The van der Waals surface area contributed by atoms with E-state index in [-0.39, 0.29) is 5.91 Å². The molecule has 2 aromatic rings. The third-order valence-corrected chi connectivity index (χ3v) is 3.61. The average Bonchev–Trinajstić information content (AvgIpc) is 2.54. The molecule has 0 unspecified atom stereocenters. The van der Waals surface area contributed by atoms with Crippen molar-refractivity contribution in [3.8, 4) is 5.75 Å². The topological polar surface area (TPSA) is 29.5 Å². The number of hydrogen-bond donors (Lipinski definition) is 0. The second-order valence-corrected chi connectivity index (χ2v) is 5.30. The van der Waals surface area contributed by atoms with Crippen LogP contribution in [0.25, 0.3) is 6.08 Å². The summed E-state index contributed by atoms with van der Waals surface area (Å²) in [7, 11) is 3.40. The fourth-order valence-electron chi connectivity index (χ4n) is 1.98. The van der Waals surface area contributed by atoms with Gasteiger partial charge in [-0.1, -0.05) is 41.9 Å². The molecule has 0 saturated carbocycles. The van der Waals surface area contributed by atoms with Crippen LogP contribution < -0.4 is 4.74 Å². The Morgan fingerprint density at radius 3 is 2.50 bits per heavy atom. The monoisotopic (exact) mass is 315 g/mol. The van der Waals surface area contributed by atoms with Crippen molar-refractivity contribution in [1.29, 1.82) is 0 Å². The first-order valence-electron chi connectivity index (χ1n) is 6.91. The zero-order valence-electron chi connectivity index (χ0n) is 12.6. The third-order valence-electron chi connectivity index (χ3n) is 3.27. The summed E-state index contributed by atoms with van der Waals surface area (Å²) in [5, 5.41) is 0.629. The predicted octanol–water partition coefficient (Wildman–Crippen LogP) is 4.02. The smallest absolute Gasteiger partial charge is 0.246 e. The maximum atomic E-state index is 12.1. The van der Waals surface area contributed by atoms with Crippen LogP contribution >= 0.6 is 11.6 Å². The van der Waals surface area contributed by atoms with Gasteiger partial charge < -0.3 is 9.64 Å². The van der Waals surface area contributed by atoms with Gasteiger partial charge in [0.25, 0.3) is 0 Å². The Bertz CT molecular complexity index is 665. The Labute approximate surface area is 135 Å². The lowest BCUT2D eigenvalue weighted by molar-refractivity contribution is -0.125. The van der Waals surface area contributed by atoms with Crippen LogP contribution in [0.15, 0.2) is 54.6 Å². The number of nitrogens with zero attached hydrogens (tertiary/aromatic N) is 1. The van der Waals surface area contributed by atoms with E-state index in [1.807, 2.05) is 42.5 Å². The number of methoxy groups -OCH3 is 1. The molecule has 0 aliphatic rings. The van der Waals surface area contributed by atoms with Gasteiger partial charge in [-0.3, -0.25) is 4.79 Å². The van der Waals surface area contributed by atoms with Gasteiger partial charge in [-0.05, 0) is 35.4 Å². The zero-order chi connectivity index (χ0) is 15.9. The van der Waals surface area contributed by atoms with Crippen LogP contribution in [0.5, 0.6) is 5.75 Å². The molecule has 0 saturated heterocycles. The summed E-state index contributed by atoms with van der Waals surface area (Å²) >= 11 is 6.06. The van der Waals surface area contributed by atoms with E-state index in [1.54, 1.807) is 31.2 Å². The maximum Gasteiger partial charge on any atom is 0.246 e. The van der Waals surface area contributed by atoms with Gasteiger partial charge >= 0.3 is 0 Å². The number of benzene rings is 2. The molecule has 0 spiro atoms. The van der Waals surface area contributed by atoms with Crippen molar-refractivity contribution < 1.29 is 9.53 Å². The lowest BCUT2D eigenvalue weighted by Gasteiger charge is -2.15. The first kappa shape index (κ1) is 16.1. The molecular weight excluding hydrogens is 298 g/mol. The number of halogens is 1. The summed E-state index contributed by atoms with van der Waals surface area (Å²) < 4.78 is 5.12. The van der Waals surface area contributed by atoms with Crippen LogP contribution in [0.3, 0.4) is 0 Å². The van der Waals surface area contributed by atoms with Crippen LogP contribution in [0, 0.1) is 0 Å². The number of carbonyl (C=O) groups excluding carboxylic acids is 1. The summed E-state index contributed by atoms with van der Waals surface area (Å²) in [6.45, 7) is 0.537. The lowest BCUT2D eigenvalue weighted by atomic mass is 10.2. The molecule has 0 aliphatic heterocycles. The van der Waals surface area contributed by atoms with Crippen molar-refractivity contribution in [2.75, 3.05) is 14.2 Å². The van der Waals surface area contributed by atoms with E-state index in [0.717, 1.165) is 16.9 Å². The van der Waals surface area contributed by atoms with Gasteiger partial charge in [0.15, 0.2) is 0 Å². The Hall–Kier alpha value is -2.26. The lowest BCUT2D eigenvalue weighted by Crippen LogP contribution is -2.24. The highest BCUT2D eigenvalue weighted by Gasteiger charge is 2.06. The number of hydrogen-bond acceptors (Lipinski definition) is 2. The van der Waals surface area contributed by atoms with Crippen molar-refractivity contribution in [3.05, 3.63) is 70.8 Å². The molecule has 0 fully saturated rings. The molecular formula is C18H18ClNO2. The SMILES string of the molecule is COc1ccc(CN(C)C(=O)/C=C/c2ccccc2Cl)cc1. The molecule has 2 aromatic carbocycles. The summed E-state index contributed by atoms with van der Waals surface area (Å²) in [6.07, 6.45) is 3.26. The highest BCUT2D eigenvalue weighted by Crippen LogP contribution is 2.17.